The molecule has 1 aromatic carbocycles. The van der Waals surface area contributed by atoms with Gasteiger partial charge in [-0.05, 0) is 32.4 Å². The van der Waals surface area contributed by atoms with E-state index in [-0.39, 0.29) is 5.91 Å². The van der Waals surface area contributed by atoms with Crippen LogP contribution in [0.4, 0.5) is 0 Å². The average molecular weight is 337 g/mol. The number of hydrogen-bond donors (Lipinski definition) is 1. The molecule has 3 aromatic rings. The topological polar surface area (TPSA) is 80.6 Å². The number of aromatic nitrogens is 1. The molecule has 0 spiro atoms. The maximum absolute atomic E-state index is 12.6. The van der Waals surface area contributed by atoms with E-state index in [1.807, 2.05) is 56.3 Å². The molecular formula is C19H19N3O3. The number of aryl methyl sites for hydroxylation is 2. The van der Waals surface area contributed by atoms with Crippen LogP contribution in [0.5, 0.6) is 0 Å². The van der Waals surface area contributed by atoms with Gasteiger partial charge in [-0.25, -0.2) is 5.43 Å². The van der Waals surface area contributed by atoms with Gasteiger partial charge in [-0.15, -0.1) is 0 Å². The number of nitrogens with one attached hydrogen (secondary N) is 1. The van der Waals surface area contributed by atoms with E-state index < -0.39 is 0 Å². The number of hydrogen-bond acceptors (Lipinski definition) is 5. The Kier molecular flexibility index (Phi) is 4.79. The second kappa shape index (κ2) is 7.17. The molecule has 0 aliphatic carbocycles. The molecule has 0 bridgehead atoms. The SMILES string of the molecule is CC/C(=N/NC(=O)c1c(-c2ccccc2)noc1C)c1ccc(C)o1. The minimum Gasteiger partial charge on any atom is -0.460 e. The zero-order valence-electron chi connectivity index (χ0n) is 14.4. The van der Waals surface area contributed by atoms with Crippen molar-refractivity contribution in [1.82, 2.24) is 10.6 Å². The zero-order valence-corrected chi connectivity index (χ0v) is 14.4. The van der Waals surface area contributed by atoms with E-state index >= 15 is 0 Å². The number of rotatable bonds is 5. The van der Waals surface area contributed by atoms with Crippen LogP contribution in [0, 0.1) is 13.8 Å². The minimum absolute atomic E-state index is 0.369. The number of hydrazone groups is 1. The third kappa shape index (κ3) is 3.52. The van der Waals surface area contributed by atoms with Crippen molar-refractivity contribution in [3.8, 4) is 11.3 Å². The summed E-state index contributed by atoms with van der Waals surface area (Å²) in [5.41, 5.74) is 4.93. The molecule has 2 aromatic heterocycles. The summed E-state index contributed by atoms with van der Waals surface area (Å²) in [6.07, 6.45) is 0.626. The van der Waals surface area contributed by atoms with Crippen LogP contribution >= 0.6 is 0 Å². The maximum atomic E-state index is 12.6. The van der Waals surface area contributed by atoms with Crippen LogP contribution in [0.2, 0.25) is 0 Å². The van der Waals surface area contributed by atoms with Gasteiger partial charge in [0.15, 0.2) is 0 Å². The van der Waals surface area contributed by atoms with Crippen molar-refractivity contribution in [2.24, 2.45) is 5.10 Å². The molecule has 0 aliphatic heterocycles. The van der Waals surface area contributed by atoms with E-state index in [1.165, 1.54) is 0 Å². The molecule has 25 heavy (non-hydrogen) atoms. The Morgan fingerprint density at radius 3 is 2.56 bits per heavy atom. The number of nitrogens with zero attached hydrogens (tertiary/aromatic N) is 2. The molecule has 0 fully saturated rings. The normalized spacial score (nSPS) is 11.6. The Balaban J connectivity index is 1.87. The Morgan fingerprint density at radius 2 is 1.92 bits per heavy atom. The second-order valence-electron chi connectivity index (χ2n) is 5.59. The van der Waals surface area contributed by atoms with E-state index in [9.17, 15) is 4.79 Å². The fourth-order valence-corrected chi connectivity index (χ4v) is 2.50. The predicted molar refractivity (Wildman–Crippen MR) is 94.4 cm³/mol. The molecule has 0 unspecified atom stereocenters. The molecule has 6 nitrogen and oxygen atoms in total. The predicted octanol–water partition coefficient (Wildman–Crippen LogP) is 4.10. The van der Waals surface area contributed by atoms with Crippen molar-refractivity contribution in [3.05, 3.63) is 65.3 Å². The van der Waals surface area contributed by atoms with Crippen LogP contribution in [-0.4, -0.2) is 16.8 Å². The van der Waals surface area contributed by atoms with Crippen molar-refractivity contribution < 1.29 is 13.7 Å². The van der Waals surface area contributed by atoms with Crippen molar-refractivity contribution in [3.63, 3.8) is 0 Å². The molecule has 0 aliphatic rings. The van der Waals surface area contributed by atoms with Crippen LogP contribution in [-0.2, 0) is 0 Å². The quantitative estimate of drug-likeness (QED) is 0.561. The molecule has 1 N–H and O–H groups in total. The highest BCUT2D eigenvalue weighted by molar-refractivity contribution is 6.03. The molecule has 128 valence electrons. The Labute approximate surface area is 145 Å². The van der Waals surface area contributed by atoms with Crippen LogP contribution in [0.1, 0.15) is 41.0 Å². The first kappa shape index (κ1) is 16.7. The van der Waals surface area contributed by atoms with Crippen LogP contribution in [0.15, 0.2) is 56.5 Å². The van der Waals surface area contributed by atoms with Gasteiger partial charge in [-0.3, -0.25) is 4.79 Å². The summed E-state index contributed by atoms with van der Waals surface area (Å²) in [6.45, 7) is 5.51. The fraction of sp³-hybridized carbons (Fsp3) is 0.211. The van der Waals surface area contributed by atoms with Gasteiger partial charge in [-0.2, -0.15) is 5.10 Å². The third-order valence-corrected chi connectivity index (χ3v) is 3.79. The fourth-order valence-electron chi connectivity index (χ4n) is 2.50. The molecule has 6 heteroatoms. The standard InChI is InChI=1S/C19H19N3O3/c1-4-15(16-11-10-12(2)24-16)20-21-19(23)17-13(3)25-22-18(17)14-8-6-5-7-9-14/h5-11H,4H2,1-3H3,(H,21,23)/b20-15-. The Bertz CT molecular complexity index is 907. The number of carbonyl (C=O) groups is 1. The largest absolute Gasteiger partial charge is 0.460 e. The summed E-state index contributed by atoms with van der Waals surface area (Å²) in [4.78, 5) is 12.6. The van der Waals surface area contributed by atoms with Gasteiger partial charge in [0, 0.05) is 5.56 Å². The van der Waals surface area contributed by atoms with E-state index in [4.69, 9.17) is 8.94 Å². The summed E-state index contributed by atoms with van der Waals surface area (Å²) in [7, 11) is 0. The van der Waals surface area contributed by atoms with Gasteiger partial charge < -0.3 is 8.94 Å². The highest BCUT2D eigenvalue weighted by atomic mass is 16.5. The molecule has 1 amide bonds. The monoisotopic (exact) mass is 337 g/mol. The van der Waals surface area contributed by atoms with Crippen LogP contribution in [0.25, 0.3) is 11.3 Å². The first-order valence-electron chi connectivity index (χ1n) is 8.05. The van der Waals surface area contributed by atoms with Crippen molar-refractivity contribution in [2.75, 3.05) is 0 Å². The van der Waals surface area contributed by atoms with Gasteiger partial charge in [0.1, 0.15) is 34.2 Å². The second-order valence-corrected chi connectivity index (χ2v) is 5.59. The number of benzene rings is 1. The van der Waals surface area contributed by atoms with Crippen molar-refractivity contribution in [1.29, 1.82) is 0 Å². The number of furan rings is 1. The van der Waals surface area contributed by atoms with E-state index in [0.717, 1.165) is 11.3 Å². The van der Waals surface area contributed by atoms with Gasteiger partial charge >= 0.3 is 0 Å². The molecule has 0 radical (unpaired) electrons. The summed E-state index contributed by atoms with van der Waals surface area (Å²) < 4.78 is 10.8. The van der Waals surface area contributed by atoms with Gasteiger partial charge in [0.2, 0.25) is 0 Å². The first-order chi connectivity index (χ1) is 12.1. The zero-order chi connectivity index (χ0) is 17.8. The lowest BCUT2D eigenvalue weighted by molar-refractivity contribution is 0.0954. The minimum atomic E-state index is -0.369. The summed E-state index contributed by atoms with van der Waals surface area (Å²) in [5.74, 6) is 1.51. The van der Waals surface area contributed by atoms with E-state index in [1.54, 1.807) is 6.92 Å². The summed E-state index contributed by atoms with van der Waals surface area (Å²) in [5, 5.41) is 8.22. The smallest absolute Gasteiger partial charge is 0.277 e. The molecule has 3 rings (SSSR count). The van der Waals surface area contributed by atoms with Crippen LogP contribution in [0.3, 0.4) is 0 Å². The molecule has 2 heterocycles. The van der Waals surface area contributed by atoms with Gasteiger partial charge in [-0.1, -0.05) is 42.4 Å². The summed E-state index contributed by atoms with van der Waals surface area (Å²) in [6, 6.07) is 13.1. The lowest BCUT2D eigenvalue weighted by atomic mass is 10.1. The Hall–Kier alpha value is -3.15. The Morgan fingerprint density at radius 1 is 1.16 bits per heavy atom. The first-order valence-corrected chi connectivity index (χ1v) is 8.05. The van der Waals surface area contributed by atoms with Crippen molar-refractivity contribution in [2.45, 2.75) is 27.2 Å². The number of carbonyl (C=O) groups excluding carboxylic acids is 1. The van der Waals surface area contributed by atoms with E-state index in [2.05, 4.69) is 15.7 Å². The lowest BCUT2D eigenvalue weighted by Gasteiger charge is -2.04. The molecule has 0 atom stereocenters. The maximum Gasteiger partial charge on any atom is 0.277 e. The molecule has 0 saturated carbocycles. The number of amides is 1. The summed E-state index contributed by atoms with van der Waals surface area (Å²) >= 11 is 0. The highest BCUT2D eigenvalue weighted by Gasteiger charge is 2.21. The third-order valence-electron chi connectivity index (χ3n) is 3.79. The molecule has 0 saturated heterocycles. The average Bonchev–Trinajstić information content (AvgIpc) is 3.22. The lowest BCUT2D eigenvalue weighted by Crippen LogP contribution is -2.21. The van der Waals surface area contributed by atoms with Crippen molar-refractivity contribution >= 4 is 11.6 Å². The van der Waals surface area contributed by atoms with E-state index in [0.29, 0.717) is 34.9 Å². The van der Waals surface area contributed by atoms with Crippen LogP contribution < -0.4 is 5.43 Å². The molecular weight excluding hydrogens is 318 g/mol. The van der Waals surface area contributed by atoms with Gasteiger partial charge in [0.25, 0.3) is 5.91 Å². The van der Waals surface area contributed by atoms with Gasteiger partial charge in [0.05, 0.1) is 0 Å². The highest BCUT2D eigenvalue weighted by Crippen LogP contribution is 2.24.